The van der Waals surface area contributed by atoms with Gasteiger partial charge in [0.1, 0.15) is 0 Å². The van der Waals surface area contributed by atoms with Gasteiger partial charge >= 0.3 is 0 Å². The van der Waals surface area contributed by atoms with Crippen LogP contribution < -0.4 is 5.32 Å². The molecule has 2 aromatic carbocycles. The quantitative estimate of drug-likeness (QED) is 0.926. The predicted molar refractivity (Wildman–Crippen MR) is 93.7 cm³/mol. The number of nitrogens with one attached hydrogen (secondary N) is 1. The van der Waals surface area contributed by atoms with E-state index in [1.807, 2.05) is 30.3 Å². The average molecular weight is 319 g/mol. The van der Waals surface area contributed by atoms with Crippen molar-refractivity contribution in [1.82, 2.24) is 10.2 Å². The highest BCUT2D eigenvalue weighted by Crippen LogP contribution is 2.27. The summed E-state index contributed by atoms with van der Waals surface area (Å²) in [5.74, 6) is 0.746. The molecule has 4 heteroatoms. The molecule has 3 heterocycles. The third-order valence-electron chi connectivity index (χ3n) is 5.40. The zero-order valence-corrected chi connectivity index (χ0v) is 13.7. The second kappa shape index (κ2) is 6.26. The maximum Gasteiger partial charge on any atom is 0.251 e. The van der Waals surface area contributed by atoms with Crippen LogP contribution in [0.25, 0.3) is 10.8 Å². The van der Waals surface area contributed by atoms with Gasteiger partial charge in [-0.15, -0.1) is 0 Å². The van der Waals surface area contributed by atoms with Crippen molar-refractivity contribution in [3.63, 3.8) is 0 Å². The Hall–Kier alpha value is -2.38. The van der Waals surface area contributed by atoms with Crippen LogP contribution in [0.1, 0.15) is 35.2 Å². The summed E-state index contributed by atoms with van der Waals surface area (Å²) in [6, 6.07) is 13.6. The molecule has 4 nitrogen and oxygen atoms in total. The molecule has 0 radical (unpaired) electrons. The van der Waals surface area contributed by atoms with Crippen molar-refractivity contribution < 1.29 is 4.79 Å². The fraction of sp³-hybridized carbons (Fsp3) is 0.400. The molecule has 1 atom stereocenters. The number of amides is 1. The molecule has 0 spiro atoms. The van der Waals surface area contributed by atoms with Crippen LogP contribution in [0.3, 0.4) is 0 Å². The molecular weight excluding hydrogens is 298 g/mol. The van der Waals surface area contributed by atoms with E-state index in [2.05, 4.69) is 16.3 Å². The van der Waals surface area contributed by atoms with Crippen LogP contribution >= 0.6 is 0 Å². The molecule has 0 aliphatic carbocycles. The highest BCUT2D eigenvalue weighted by atomic mass is 16.1. The minimum absolute atomic E-state index is 0.00763. The van der Waals surface area contributed by atoms with Crippen LogP contribution in [-0.2, 0) is 0 Å². The van der Waals surface area contributed by atoms with Gasteiger partial charge in [0.2, 0.25) is 0 Å². The number of carbonyl (C=O) groups is 1. The van der Waals surface area contributed by atoms with Crippen molar-refractivity contribution in [1.29, 1.82) is 5.26 Å². The van der Waals surface area contributed by atoms with Gasteiger partial charge in [-0.2, -0.15) is 5.26 Å². The van der Waals surface area contributed by atoms with E-state index < -0.39 is 0 Å². The molecule has 2 bridgehead atoms. The highest BCUT2D eigenvalue weighted by molar-refractivity contribution is 5.99. The number of benzene rings is 2. The van der Waals surface area contributed by atoms with Gasteiger partial charge in [-0.05, 0) is 67.2 Å². The summed E-state index contributed by atoms with van der Waals surface area (Å²) in [4.78, 5) is 15.1. The third kappa shape index (κ3) is 2.88. The summed E-state index contributed by atoms with van der Waals surface area (Å²) >= 11 is 0. The fourth-order valence-electron chi connectivity index (χ4n) is 4.09. The van der Waals surface area contributed by atoms with Crippen molar-refractivity contribution >= 4 is 16.7 Å². The zero-order chi connectivity index (χ0) is 16.5. The molecule has 24 heavy (non-hydrogen) atoms. The van der Waals surface area contributed by atoms with Gasteiger partial charge in [-0.1, -0.05) is 18.2 Å². The summed E-state index contributed by atoms with van der Waals surface area (Å²) in [6.07, 6.45) is 3.62. The minimum Gasteiger partial charge on any atom is -0.348 e. The van der Waals surface area contributed by atoms with Crippen LogP contribution in [0.4, 0.5) is 0 Å². The number of hydrogen-bond donors (Lipinski definition) is 1. The number of fused-ring (bicyclic) bond motifs is 5. The topological polar surface area (TPSA) is 56.1 Å². The molecule has 0 saturated carbocycles. The number of nitriles is 1. The van der Waals surface area contributed by atoms with Gasteiger partial charge in [0.05, 0.1) is 11.6 Å². The lowest BCUT2D eigenvalue weighted by Crippen LogP contribution is -2.41. The second-order valence-electron chi connectivity index (χ2n) is 7.00. The van der Waals surface area contributed by atoms with Gasteiger partial charge < -0.3 is 10.2 Å². The summed E-state index contributed by atoms with van der Waals surface area (Å²) in [5.41, 5.74) is 1.32. The number of rotatable bonds is 2. The smallest absolute Gasteiger partial charge is 0.251 e. The summed E-state index contributed by atoms with van der Waals surface area (Å²) < 4.78 is 0. The third-order valence-corrected chi connectivity index (χ3v) is 5.40. The molecule has 5 rings (SSSR count). The Morgan fingerprint density at radius 1 is 1.21 bits per heavy atom. The Bertz CT molecular complexity index is 801. The SMILES string of the molecule is N#Cc1cccc2cc(C(=O)N[C@@H]3CC4CCN(CC4)C3)ccc12. The molecule has 3 aliphatic heterocycles. The summed E-state index contributed by atoms with van der Waals surface area (Å²) in [7, 11) is 0. The molecule has 3 fully saturated rings. The minimum atomic E-state index is -0.00763. The van der Waals surface area contributed by atoms with E-state index >= 15 is 0 Å². The maximum absolute atomic E-state index is 12.7. The van der Waals surface area contributed by atoms with E-state index in [-0.39, 0.29) is 11.9 Å². The van der Waals surface area contributed by atoms with E-state index in [1.165, 1.54) is 25.9 Å². The van der Waals surface area contributed by atoms with Crippen LogP contribution in [0.2, 0.25) is 0 Å². The van der Waals surface area contributed by atoms with Crippen LogP contribution in [-0.4, -0.2) is 36.5 Å². The number of nitrogens with zero attached hydrogens (tertiary/aromatic N) is 2. The van der Waals surface area contributed by atoms with Crippen molar-refractivity contribution in [2.24, 2.45) is 5.92 Å². The Balaban J connectivity index is 1.54. The molecule has 1 amide bonds. The zero-order valence-electron chi connectivity index (χ0n) is 13.7. The Morgan fingerprint density at radius 3 is 2.83 bits per heavy atom. The van der Waals surface area contributed by atoms with Crippen molar-refractivity contribution in [3.05, 3.63) is 47.5 Å². The van der Waals surface area contributed by atoms with E-state index in [9.17, 15) is 10.1 Å². The lowest BCUT2D eigenvalue weighted by molar-refractivity contribution is 0.0929. The summed E-state index contributed by atoms with van der Waals surface area (Å²) in [5, 5.41) is 14.2. The standard InChI is InChI=1S/C20H21N3O/c21-12-17-3-1-2-15-11-16(4-5-19(15)17)20(24)22-18-10-14-6-8-23(13-18)9-7-14/h1-5,11,14,18H,6-10,13H2,(H,22,24)/t18-/m1/s1. The van der Waals surface area contributed by atoms with E-state index in [0.717, 1.165) is 29.7 Å². The van der Waals surface area contributed by atoms with Crippen molar-refractivity contribution in [2.75, 3.05) is 19.6 Å². The van der Waals surface area contributed by atoms with Gasteiger partial charge in [0, 0.05) is 18.2 Å². The molecule has 122 valence electrons. The maximum atomic E-state index is 12.7. The monoisotopic (exact) mass is 319 g/mol. The van der Waals surface area contributed by atoms with E-state index in [1.54, 1.807) is 6.07 Å². The molecule has 2 aromatic rings. The van der Waals surface area contributed by atoms with Gasteiger partial charge in [-0.25, -0.2) is 0 Å². The Labute approximate surface area is 142 Å². The normalized spacial score (nSPS) is 25.9. The van der Waals surface area contributed by atoms with E-state index in [4.69, 9.17) is 0 Å². The molecule has 1 N–H and O–H groups in total. The van der Waals surface area contributed by atoms with E-state index in [0.29, 0.717) is 11.1 Å². The van der Waals surface area contributed by atoms with Crippen LogP contribution in [0, 0.1) is 17.2 Å². The largest absolute Gasteiger partial charge is 0.348 e. The second-order valence-corrected chi connectivity index (χ2v) is 7.00. The fourth-order valence-corrected chi connectivity index (χ4v) is 4.09. The molecule has 3 aliphatic rings. The van der Waals surface area contributed by atoms with Gasteiger partial charge in [0.25, 0.3) is 5.91 Å². The van der Waals surface area contributed by atoms with Gasteiger partial charge in [-0.3, -0.25) is 4.79 Å². The first-order valence-electron chi connectivity index (χ1n) is 8.69. The van der Waals surface area contributed by atoms with Crippen molar-refractivity contribution in [2.45, 2.75) is 25.3 Å². The Morgan fingerprint density at radius 2 is 2.04 bits per heavy atom. The highest BCUT2D eigenvalue weighted by Gasteiger charge is 2.29. The molecule has 3 saturated heterocycles. The first-order valence-corrected chi connectivity index (χ1v) is 8.69. The predicted octanol–water partition coefficient (Wildman–Crippen LogP) is 2.93. The Kier molecular flexibility index (Phi) is 3.95. The number of hydrogen-bond acceptors (Lipinski definition) is 3. The summed E-state index contributed by atoms with van der Waals surface area (Å²) in [6.45, 7) is 3.31. The molecule has 0 unspecified atom stereocenters. The molecule has 0 aromatic heterocycles. The first kappa shape index (κ1) is 15.2. The average Bonchev–Trinajstić information content (AvgIpc) is 2.93. The first-order chi connectivity index (χ1) is 11.7. The lowest BCUT2D eigenvalue weighted by atomic mass is 9.94. The lowest BCUT2D eigenvalue weighted by Gasteiger charge is -2.26. The number of carbonyl (C=O) groups excluding carboxylic acids is 1. The van der Waals surface area contributed by atoms with Crippen LogP contribution in [0.5, 0.6) is 0 Å². The van der Waals surface area contributed by atoms with Gasteiger partial charge in [0.15, 0.2) is 0 Å². The van der Waals surface area contributed by atoms with Crippen LogP contribution in [0.15, 0.2) is 36.4 Å². The number of piperidine rings is 1. The molecular formula is C20H21N3O. The van der Waals surface area contributed by atoms with Crippen molar-refractivity contribution in [3.8, 4) is 6.07 Å².